The largest absolute Gasteiger partial charge is 0.464 e. The van der Waals surface area contributed by atoms with Gasteiger partial charge in [-0.05, 0) is 5.92 Å². The van der Waals surface area contributed by atoms with Crippen molar-refractivity contribution in [1.29, 1.82) is 0 Å². The maximum absolute atomic E-state index is 11.2. The fourth-order valence-electron chi connectivity index (χ4n) is 0.836. The molecule has 0 amide bonds. The van der Waals surface area contributed by atoms with Crippen LogP contribution in [0.3, 0.4) is 0 Å². The van der Waals surface area contributed by atoms with E-state index in [0.29, 0.717) is 0 Å². The van der Waals surface area contributed by atoms with Gasteiger partial charge in [-0.15, -0.1) is 0 Å². The Kier molecular flexibility index (Phi) is 3.60. The zero-order chi connectivity index (χ0) is 11.3. The highest BCUT2D eigenvalue weighted by Gasteiger charge is 2.13. The number of hydrogen-bond acceptors (Lipinski definition) is 6. The Morgan fingerprint density at radius 3 is 3.07 bits per heavy atom. The zero-order valence-corrected chi connectivity index (χ0v) is 8.02. The number of rotatable bonds is 1. The molecule has 0 radical (unpaired) electrons. The Bertz CT molecular complexity index is 434. The van der Waals surface area contributed by atoms with Crippen molar-refractivity contribution < 1.29 is 14.6 Å². The van der Waals surface area contributed by atoms with Gasteiger partial charge in [0.1, 0.15) is 12.3 Å². The Hall–Kier alpha value is -2.13. The topological polar surface area (TPSA) is 98.3 Å². The number of aliphatic hydroxyl groups is 1. The van der Waals surface area contributed by atoms with Crippen molar-refractivity contribution in [1.82, 2.24) is 9.97 Å². The Morgan fingerprint density at radius 2 is 2.47 bits per heavy atom. The van der Waals surface area contributed by atoms with E-state index in [1.165, 1.54) is 13.3 Å². The van der Waals surface area contributed by atoms with E-state index in [2.05, 4.69) is 26.5 Å². The van der Waals surface area contributed by atoms with Gasteiger partial charge in [-0.2, -0.15) is 0 Å². The van der Waals surface area contributed by atoms with E-state index in [9.17, 15) is 4.79 Å². The fourth-order valence-corrected chi connectivity index (χ4v) is 0.836. The maximum Gasteiger partial charge on any atom is 0.360 e. The molecule has 15 heavy (non-hydrogen) atoms. The second-order valence-corrected chi connectivity index (χ2v) is 2.44. The molecule has 0 aliphatic carbocycles. The van der Waals surface area contributed by atoms with Gasteiger partial charge in [-0.1, -0.05) is 5.92 Å². The summed E-state index contributed by atoms with van der Waals surface area (Å²) in [5.41, 5.74) is 5.59. The quantitative estimate of drug-likeness (QED) is 0.461. The van der Waals surface area contributed by atoms with Crippen LogP contribution >= 0.6 is 0 Å². The van der Waals surface area contributed by atoms with E-state index >= 15 is 0 Å². The highest BCUT2D eigenvalue weighted by atomic mass is 16.5. The minimum Gasteiger partial charge on any atom is -0.464 e. The van der Waals surface area contributed by atoms with Gasteiger partial charge in [-0.3, -0.25) is 0 Å². The van der Waals surface area contributed by atoms with Crippen LogP contribution in [0.25, 0.3) is 0 Å². The summed E-state index contributed by atoms with van der Waals surface area (Å²) in [6.07, 6.45) is 1.31. The van der Waals surface area contributed by atoms with E-state index in [0.717, 1.165) is 0 Å². The molecular weight excluding hydrogens is 198 g/mol. The minimum absolute atomic E-state index is 0.0172. The third-order valence-corrected chi connectivity index (χ3v) is 1.48. The maximum atomic E-state index is 11.2. The first-order valence-corrected chi connectivity index (χ1v) is 3.99. The number of methoxy groups -OCH3 is 1. The standard InChI is InChI=1S/C9H9N3O3/c1-15-9(14)7-8(10)11-5-6(12-7)3-2-4-13/h5,13H,4H2,1H3,(H2,10,11). The van der Waals surface area contributed by atoms with Gasteiger partial charge in [0.25, 0.3) is 0 Å². The van der Waals surface area contributed by atoms with Crippen LogP contribution in [0.15, 0.2) is 6.20 Å². The van der Waals surface area contributed by atoms with Crippen LogP contribution in [0, 0.1) is 11.8 Å². The summed E-state index contributed by atoms with van der Waals surface area (Å²) >= 11 is 0. The van der Waals surface area contributed by atoms with Gasteiger partial charge >= 0.3 is 5.97 Å². The zero-order valence-electron chi connectivity index (χ0n) is 8.02. The van der Waals surface area contributed by atoms with Gasteiger partial charge in [0.05, 0.1) is 13.3 Å². The second kappa shape index (κ2) is 4.93. The molecule has 0 atom stereocenters. The minimum atomic E-state index is -0.673. The average molecular weight is 207 g/mol. The van der Waals surface area contributed by atoms with E-state index in [1.807, 2.05) is 0 Å². The Labute approximate surface area is 86.1 Å². The summed E-state index contributed by atoms with van der Waals surface area (Å²) in [4.78, 5) is 18.7. The lowest BCUT2D eigenvalue weighted by Crippen LogP contribution is -2.10. The van der Waals surface area contributed by atoms with Crippen molar-refractivity contribution in [2.24, 2.45) is 0 Å². The molecule has 6 nitrogen and oxygen atoms in total. The molecule has 0 aliphatic heterocycles. The lowest BCUT2D eigenvalue weighted by atomic mass is 10.3. The van der Waals surface area contributed by atoms with Crippen LogP contribution in [-0.2, 0) is 4.74 Å². The van der Waals surface area contributed by atoms with Crippen LogP contribution in [0.2, 0.25) is 0 Å². The van der Waals surface area contributed by atoms with Gasteiger partial charge in [-0.25, -0.2) is 14.8 Å². The highest BCUT2D eigenvalue weighted by Crippen LogP contribution is 2.06. The van der Waals surface area contributed by atoms with E-state index in [4.69, 9.17) is 10.8 Å². The van der Waals surface area contributed by atoms with E-state index < -0.39 is 5.97 Å². The molecular formula is C9H9N3O3. The van der Waals surface area contributed by atoms with Crippen LogP contribution in [0.1, 0.15) is 16.2 Å². The van der Waals surface area contributed by atoms with Gasteiger partial charge in [0.2, 0.25) is 0 Å². The lowest BCUT2D eigenvalue weighted by Gasteiger charge is -2.01. The number of nitrogen functional groups attached to an aromatic ring is 1. The van der Waals surface area contributed by atoms with Crippen molar-refractivity contribution in [3.8, 4) is 11.8 Å². The summed E-state index contributed by atoms with van der Waals surface area (Å²) < 4.78 is 4.46. The Balaban J connectivity index is 3.10. The molecule has 1 rings (SSSR count). The van der Waals surface area contributed by atoms with Crippen LogP contribution in [0.5, 0.6) is 0 Å². The van der Waals surface area contributed by atoms with Crippen molar-refractivity contribution in [3.05, 3.63) is 17.6 Å². The van der Waals surface area contributed by atoms with Gasteiger partial charge < -0.3 is 15.6 Å². The number of hydrogen-bond donors (Lipinski definition) is 2. The number of nitrogens with zero attached hydrogens (tertiary/aromatic N) is 2. The predicted molar refractivity (Wildman–Crippen MR) is 51.7 cm³/mol. The molecule has 0 aromatic carbocycles. The van der Waals surface area contributed by atoms with Gasteiger partial charge in [0, 0.05) is 0 Å². The molecule has 6 heteroatoms. The molecule has 0 saturated heterocycles. The Morgan fingerprint density at radius 1 is 1.73 bits per heavy atom. The molecule has 1 aromatic rings. The summed E-state index contributed by atoms with van der Waals surface area (Å²) in [6, 6.07) is 0. The molecule has 1 aromatic heterocycles. The van der Waals surface area contributed by atoms with E-state index in [-0.39, 0.29) is 23.8 Å². The number of aliphatic hydroxyl groups excluding tert-OH is 1. The van der Waals surface area contributed by atoms with Crippen molar-refractivity contribution in [2.75, 3.05) is 19.5 Å². The first-order valence-electron chi connectivity index (χ1n) is 3.99. The number of nitrogens with two attached hydrogens (primary N) is 1. The third kappa shape index (κ3) is 2.65. The molecule has 1 heterocycles. The molecule has 3 N–H and O–H groups in total. The summed E-state index contributed by atoms with van der Waals surface area (Å²) in [7, 11) is 1.22. The summed E-state index contributed by atoms with van der Waals surface area (Å²) in [5, 5.41) is 8.47. The normalized spacial score (nSPS) is 8.93. The number of esters is 1. The van der Waals surface area contributed by atoms with Crippen LogP contribution < -0.4 is 5.73 Å². The number of anilines is 1. The first kappa shape index (κ1) is 10.9. The summed E-state index contributed by atoms with van der Waals surface area (Å²) in [6.45, 7) is -0.292. The van der Waals surface area contributed by atoms with E-state index in [1.54, 1.807) is 0 Å². The highest BCUT2D eigenvalue weighted by molar-refractivity contribution is 5.91. The molecule has 0 aliphatic rings. The molecule has 0 bridgehead atoms. The SMILES string of the molecule is COC(=O)c1nc(C#CCO)cnc1N. The fraction of sp³-hybridized carbons (Fsp3) is 0.222. The van der Waals surface area contributed by atoms with Crippen LogP contribution in [-0.4, -0.2) is 34.8 Å². The lowest BCUT2D eigenvalue weighted by molar-refractivity contribution is 0.0595. The average Bonchev–Trinajstić information content (AvgIpc) is 2.27. The van der Waals surface area contributed by atoms with Crippen molar-refractivity contribution >= 4 is 11.8 Å². The molecule has 78 valence electrons. The number of carbonyl (C=O) groups excluding carboxylic acids is 1. The van der Waals surface area contributed by atoms with Crippen molar-refractivity contribution in [3.63, 3.8) is 0 Å². The monoisotopic (exact) mass is 207 g/mol. The number of ether oxygens (including phenoxy) is 1. The third-order valence-electron chi connectivity index (χ3n) is 1.48. The molecule has 0 saturated carbocycles. The van der Waals surface area contributed by atoms with Gasteiger partial charge in [0.15, 0.2) is 11.5 Å². The number of carbonyl (C=O) groups is 1. The predicted octanol–water partition coefficient (Wildman–Crippen LogP) is -0.811. The van der Waals surface area contributed by atoms with Crippen molar-refractivity contribution in [2.45, 2.75) is 0 Å². The first-order chi connectivity index (χ1) is 7.19. The second-order valence-electron chi connectivity index (χ2n) is 2.44. The summed E-state index contributed by atoms with van der Waals surface area (Å²) in [5.74, 6) is 4.19. The molecule has 0 unspecified atom stereocenters. The number of aromatic nitrogens is 2. The molecule has 0 spiro atoms. The smallest absolute Gasteiger partial charge is 0.360 e. The molecule has 0 fully saturated rings. The van der Waals surface area contributed by atoms with Crippen LogP contribution in [0.4, 0.5) is 5.82 Å².